The molecule has 1 amide bonds. The summed E-state index contributed by atoms with van der Waals surface area (Å²) < 4.78 is 30.0. The lowest BCUT2D eigenvalue weighted by Gasteiger charge is -2.33. The average molecular weight is 388 g/mol. The van der Waals surface area contributed by atoms with Crippen LogP contribution in [0.25, 0.3) is 0 Å². The van der Waals surface area contributed by atoms with E-state index in [2.05, 4.69) is 9.59 Å². The second-order valence-electron chi connectivity index (χ2n) is 4.94. The van der Waals surface area contributed by atoms with Gasteiger partial charge in [0.15, 0.2) is 0 Å². The van der Waals surface area contributed by atoms with Crippen LogP contribution in [0.4, 0.5) is 0 Å². The monoisotopic (exact) mass is 388 g/mol. The van der Waals surface area contributed by atoms with Crippen LogP contribution >= 0.6 is 22.9 Å². The minimum atomic E-state index is -3.75. The van der Waals surface area contributed by atoms with Gasteiger partial charge in [-0.1, -0.05) is 4.49 Å². The summed E-state index contributed by atoms with van der Waals surface area (Å²) in [6.45, 7) is 0.821. The maximum atomic E-state index is 12.6. The number of carboxylic acids is 1. The number of piperazine rings is 1. The zero-order valence-electron chi connectivity index (χ0n) is 12.2. The zero-order valence-corrected chi connectivity index (χ0v) is 14.6. The van der Waals surface area contributed by atoms with Gasteiger partial charge in [-0.05, 0) is 17.6 Å². The van der Waals surface area contributed by atoms with Gasteiger partial charge in [0.25, 0.3) is 15.9 Å². The standard InChI is InChI=1S/C12H12N4O5S3/c17-11(9-6-13-14-23-9)15-1-3-16(4-2-15)24(20,21)10-5-8(7-22-10)12(18)19/h5-7H,1-4H2,(H,18,19). The summed E-state index contributed by atoms with van der Waals surface area (Å²) in [7, 11) is -3.75. The molecule has 12 heteroatoms. The molecule has 24 heavy (non-hydrogen) atoms. The van der Waals surface area contributed by atoms with Crippen LogP contribution in [0.5, 0.6) is 0 Å². The summed E-state index contributed by atoms with van der Waals surface area (Å²) in [5.74, 6) is -1.38. The van der Waals surface area contributed by atoms with Crippen LogP contribution in [0.2, 0.25) is 0 Å². The van der Waals surface area contributed by atoms with Crippen molar-refractivity contribution >= 4 is 44.8 Å². The van der Waals surface area contributed by atoms with Crippen molar-refractivity contribution in [1.29, 1.82) is 0 Å². The fraction of sp³-hybridized carbons (Fsp3) is 0.333. The highest BCUT2D eigenvalue weighted by Gasteiger charge is 2.32. The van der Waals surface area contributed by atoms with E-state index in [1.807, 2.05) is 0 Å². The van der Waals surface area contributed by atoms with Crippen LogP contribution in [0.3, 0.4) is 0 Å². The summed E-state index contributed by atoms with van der Waals surface area (Å²) in [6, 6.07) is 1.16. The first-order chi connectivity index (χ1) is 11.4. The highest BCUT2D eigenvalue weighted by atomic mass is 32.2. The highest BCUT2D eigenvalue weighted by Crippen LogP contribution is 2.25. The van der Waals surface area contributed by atoms with Crippen molar-refractivity contribution < 1.29 is 23.1 Å². The molecule has 2 aromatic rings. The largest absolute Gasteiger partial charge is 0.478 e. The molecular weight excluding hydrogens is 376 g/mol. The summed E-state index contributed by atoms with van der Waals surface area (Å²) in [5, 5.41) is 13.8. The molecule has 3 rings (SSSR count). The van der Waals surface area contributed by atoms with Crippen LogP contribution < -0.4 is 0 Å². The number of rotatable bonds is 4. The predicted molar refractivity (Wildman–Crippen MR) is 85.8 cm³/mol. The number of carbonyl (C=O) groups excluding carboxylic acids is 1. The fourth-order valence-electron chi connectivity index (χ4n) is 2.24. The molecule has 1 N–H and O–H groups in total. The van der Waals surface area contributed by atoms with Gasteiger partial charge in [0.1, 0.15) is 9.09 Å². The minimum Gasteiger partial charge on any atom is -0.478 e. The van der Waals surface area contributed by atoms with Crippen molar-refractivity contribution in [2.45, 2.75) is 4.21 Å². The van der Waals surface area contributed by atoms with Gasteiger partial charge in [-0.2, -0.15) is 4.31 Å². The number of nitrogens with zero attached hydrogens (tertiary/aromatic N) is 4. The fourth-order valence-corrected chi connectivity index (χ4v) is 5.45. The first-order valence-corrected chi connectivity index (χ1v) is 9.87. The van der Waals surface area contributed by atoms with E-state index in [1.54, 1.807) is 4.90 Å². The molecule has 2 aromatic heterocycles. The van der Waals surface area contributed by atoms with E-state index in [9.17, 15) is 18.0 Å². The van der Waals surface area contributed by atoms with Gasteiger partial charge in [0, 0.05) is 31.6 Å². The molecule has 3 heterocycles. The maximum Gasteiger partial charge on any atom is 0.336 e. The molecule has 1 saturated heterocycles. The number of sulfonamides is 1. The average Bonchev–Trinajstić information content (AvgIpc) is 3.26. The maximum absolute atomic E-state index is 12.6. The predicted octanol–water partition coefficient (Wildman–Crippen LogP) is 0.445. The normalized spacial score (nSPS) is 16.2. The Bertz CT molecular complexity index is 853. The van der Waals surface area contributed by atoms with Gasteiger partial charge in [0.05, 0.1) is 11.8 Å². The number of thiophene rings is 1. The number of aromatic nitrogens is 2. The quantitative estimate of drug-likeness (QED) is 0.807. The van der Waals surface area contributed by atoms with Crippen LogP contribution in [0.15, 0.2) is 21.9 Å². The smallest absolute Gasteiger partial charge is 0.336 e. The van der Waals surface area contributed by atoms with Crippen LogP contribution in [-0.4, -0.2) is 70.4 Å². The lowest BCUT2D eigenvalue weighted by Crippen LogP contribution is -2.50. The molecule has 0 aliphatic carbocycles. The Hall–Kier alpha value is -1.89. The van der Waals surface area contributed by atoms with Crippen molar-refractivity contribution in [2.24, 2.45) is 0 Å². The van der Waals surface area contributed by atoms with Crippen molar-refractivity contribution in [3.8, 4) is 0 Å². The third-order valence-electron chi connectivity index (χ3n) is 3.51. The van der Waals surface area contributed by atoms with E-state index < -0.39 is 16.0 Å². The first-order valence-electron chi connectivity index (χ1n) is 6.78. The third-order valence-corrected chi connectivity index (χ3v) is 7.48. The van der Waals surface area contributed by atoms with E-state index in [0.717, 1.165) is 28.9 Å². The number of hydrogen-bond acceptors (Lipinski definition) is 8. The molecule has 1 fully saturated rings. The van der Waals surface area contributed by atoms with Gasteiger partial charge in [-0.25, -0.2) is 13.2 Å². The molecule has 0 radical (unpaired) electrons. The summed E-state index contributed by atoms with van der Waals surface area (Å²) in [6.07, 6.45) is 1.38. The van der Waals surface area contributed by atoms with E-state index in [4.69, 9.17) is 5.11 Å². The Kier molecular flexibility index (Phi) is 4.62. The van der Waals surface area contributed by atoms with Crippen molar-refractivity contribution in [3.63, 3.8) is 0 Å². The van der Waals surface area contributed by atoms with E-state index >= 15 is 0 Å². The van der Waals surface area contributed by atoms with Crippen molar-refractivity contribution in [2.75, 3.05) is 26.2 Å². The molecular formula is C12H12N4O5S3. The number of carboxylic acid groups (broad SMARTS) is 1. The van der Waals surface area contributed by atoms with Gasteiger partial charge in [-0.3, -0.25) is 4.79 Å². The van der Waals surface area contributed by atoms with E-state index in [0.29, 0.717) is 4.88 Å². The summed E-state index contributed by atoms with van der Waals surface area (Å²) in [4.78, 5) is 25.0. The Morgan fingerprint density at radius 2 is 1.92 bits per heavy atom. The second kappa shape index (κ2) is 6.55. The Balaban J connectivity index is 1.69. The number of carbonyl (C=O) groups is 2. The molecule has 0 saturated carbocycles. The summed E-state index contributed by atoms with van der Waals surface area (Å²) in [5.41, 5.74) is -0.0508. The lowest BCUT2D eigenvalue weighted by atomic mass is 10.3. The van der Waals surface area contributed by atoms with Crippen molar-refractivity contribution in [1.82, 2.24) is 18.8 Å². The third kappa shape index (κ3) is 3.17. The topological polar surface area (TPSA) is 121 Å². The number of hydrogen-bond donors (Lipinski definition) is 1. The number of aromatic carboxylic acids is 1. The van der Waals surface area contributed by atoms with Crippen LogP contribution in [0, 0.1) is 0 Å². The molecule has 9 nitrogen and oxygen atoms in total. The van der Waals surface area contributed by atoms with Gasteiger partial charge >= 0.3 is 5.97 Å². The van der Waals surface area contributed by atoms with Gasteiger partial charge in [0.2, 0.25) is 0 Å². The van der Waals surface area contributed by atoms with Crippen LogP contribution in [0.1, 0.15) is 20.0 Å². The second-order valence-corrected chi connectivity index (χ2v) is 8.80. The highest BCUT2D eigenvalue weighted by molar-refractivity contribution is 7.91. The molecule has 0 unspecified atom stereocenters. The van der Waals surface area contributed by atoms with Crippen molar-refractivity contribution in [3.05, 3.63) is 28.1 Å². The first kappa shape index (κ1) is 17.0. The molecule has 0 atom stereocenters. The molecule has 1 aliphatic heterocycles. The Morgan fingerprint density at radius 1 is 1.21 bits per heavy atom. The van der Waals surface area contributed by atoms with Gasteiger partial charge < -0.3 is 10.0 Å². The molecule has 0 aromatic carbocycles. The Morgan fingerprint density at radius 3 is 2.46 bits per heavy atom. The van der Waals surface area contributed by atoms with Crippen LogP contribution in [-0.2, 0) is 10.0 Å². The molecule has 0 bridgehead atoms. The van der Waals surface area contributed by atoms with Gasteiger partial charge in [-0.15, -0.1) is 16.4 Å². The summed E-state index contributed by atoms with van der Waals surface area (Å²) >= 11 is 1.87. The molecule has 128 valence electrons. The minimum absolute atomic E-state index is 0.00802. The lowest BCUT2D eigenvalue weighted by molar-refractivity contribution is 0.0690. The SMILES string of the molecule is O=C(O)c1csc(S(=O)(=O)N2CCN(C(=O)c3cnns3)CC2)c1. The molecule has 1 aliphatic rings. The van der Waals surface area contributed by atoms with E-state index in [1.165, 1.54) is 15.9 Å². The Labute approximate surface area is 145 Å². The molecule has 0 spiro atoms. The number of amides is 1. The zero-order chi connectivity index (χ0) is 17.3. The van der Waals surface area contributed by atoms with E-state index in [-0.39, 0.29) is 41.9 Å².